The smallest absolute Gasteiger partial charge is 0.184 e. The van der Waals surface area contributed by atoms with E-state index in [4.69, 9.17) is 10.00 Å². The number of nitrogens with zero attached hydrogens (tertiary/aromatic N) is 1. The Morgan fingerprint density at radius 2 is 1.92 bits per heavy atom. The first-order chi connectivity index (χ1) is 5.31. The fraction of sp³-hybridized carbons (Fsp3) is 0.778. The standard InChI is InChI=1S/C9H13NO2/c1-8(2)6(5-10)7(11)9(3,4)12-8/h6H,1-4H3. The van der Waals surface area contributed by atoms with Gasteiger partial charge < -0.3 is 4.74 Å². The first-order valence-electron chi connectivity index (χ1n) is 3.95. The van der Waals surface area contributed by atoms with Crippen LogP contribution < -0.4 is 0 Å². The van der Waals surface area contributed by atoms with E-state index in [0.29, 0.717) is 0 Å². The van der Waals surface area contributed by atoms with E-state index >= 15 is 0 Å². The molecule has 0 aromatic carbocycles. The Hall–Kier alpha value is -0.880. The van der Waals surface area contributed by atoms with Gasteiger partial charge >= 0.3 is 0 Å². The molecule has 3 heteroatoms. The largest absolute Gasteiger partial charge is 0.360 e. The Balaban J connectivity index is 3.06. The van der Waals surface area contributed by atoms with Crippen LogP contribution in [-0.4, -0.2) is 17.0 Å². The number of nitriles is 1. The fourth-order valence-corrected chi connectivity index (χ4v) is 1.64. The number of hydrogen-bond acceptors (Lipinski definition) is 3. The maximum absolute atomic E-state index is 11.5. The summed E-state index contributed by atoms with van der Waals surface area (Å²) in [6.45, 7) is 6.95. The second-order valence-electron chi connectivity index (χ2n) is 4.14. The van der Waals surface area contributed by atoms with Crippen LogP contribution in [0, 0.1) is 17.2 Å². The lowest BCUT2D eigenvalue weighted by molar-refractivity contribution is -0.132. The molecule has 0 aromatic rings. The van der Waals surface area contributed by atoms with Gasteiger partial charge in [-0.1, -0.05) is 0 Å². The summed E-state index contributed by atoms with van der Waals surface area (Å²) in [5, 5.41) is 8.75. The van der Waals surface area contributed by atoms with Gasteiger partial charge in [-0.25, -0.2) is 0 Å². The molecule has 0 aromatic heterocycles. The topological polar surface area (TPSA) is 50.1 Å². The molecule has 12 heavy (non-hydrogen) atoms. The SMILES string of the molecule is CC1(C)OC(C)(C)C(C#N)C1=O. The van der Waals surface area contributed by atoms with Gasteiger partial charge in [0.1, 0.15) is 11.5 Å². The zero-order valence-corrected chi connectivity index (χ0v) is 7.84. The number of carbonyl (C=O) groups excluding carboxylic acids is 1. The molecule has 1 heterocycles. The van der Waals surface area contributed by atoms with Crippen LogP contribution in [0.25, 0.3) is 0 Å². The predicted octanol–water partition coefficient (Wildman–Crippen LogP) is 1.28. The van der Waals surface area contributed by atoms with Crippen LogP contribution in [-0.2, 0) is 9.53 Å². The summed E-state index contributed by atoms with van der Waals surface area (Å²) in [6.07, 6.45) is 0. The van der Waals surface area contributed by atoms with Gasteiger partial charge in [0.2, 0.25) is 0 Å². The maximum Gasteiger partial charge on any atom is 0.184 e. The van der Waals surface area contributed by atoms with Crippen LogP contribution in [0.5, 0.6) is 0 Å². The summed E-state index contributed by atoms with van der Waals surface area (Å²) in [4.78, 5) is 11.5. The number of Topliss-reactive ketones (excluding diaryl/α,β-unsaturated/α-hetero) is 1. The van der Waals surface area contributed by atoms with Crippen molar-refractivity contribution in [3.8, 4) is 6.07 Å². The van der Waals surface area contributed by atoms with Crippen LogP contribution in [0.4, 0.5) is 0 Å². The fourth-order valence-electron chi connectivity index (χ4n) is 1.64. The maximum atomic E-state index is 11.5. The van der Waals surface area contributed by atoms with Crippen LogP contribution in [0.2, 0.25) is 0 Å². The average molecular weight is 167 g/mol. The minimum absolute atomic E-state index is 0.116. The van der Waals surface area contributed by atoms with Crippen molar-refractivity contribution in [2.24, 2.45) is 5.92 Å². The Labute approximate surface area is 72.3 Å². The van der Waals surface area contributed by atoms with E-state index in [2.05, 4.69) is 0 Å². The molecule has 1 atom stereocenters. The van der Waals surface area contributed by atoms with Crippen molar-refractivity contribution < 1.29 is 9.53 Å². The monoisotopic (exact) mass is 167 g/mol. The summed E-state index contributed by atoms with van der Waals surface area (Å²) in [5.74, 6) is -0.748. The van der Waals surface area contributed by atoms with Gasteiger partial charge in [-0.3, -0.25) is 4.79 Å². The predicted molar refractivity (Wildman–Crippen MR) is 43.4 cm³/mol. The van der Waals surface area contributed by atoms with E-state index in [1.54, 1.807) is 27.7 Å². The molecule has 0 spiro atoms. The van der Waals surface area contributed by atoms with E-state index < -0.39 is 17.1 Å². The van der Waals surface area contributed by atoms with Crippen molar-refractivity contribution in [2.45, 2.75) is 38.9 Å². The third kappa shape index (κ3) is 1.12. The van der Waals surface area contributed by atoms with Crippen LogP contribution >= 0.6 is 0 Å². The van der Waals surface area contributed by atoms with Crippen molar-refractivity contribution >= 4 is 5.78 Å². The van der Waals surface area contributed by atoms with Crippen molar-refractivity contribution in [1.82, 2.24) is 0 Å². The van der Waals surface area contributed by atoms with Gasteiger partial charge in [0.25, 0.3) is 0 Å². The summed E-state index contributed by atoms with van der Waals surface area (Å²) in [7, 11) is 0. The van der Waals surface area contributed by atoms with E-state index in [9.17, 15) is 4.79 Å². The van der Waals surface area contributed by atoms with Gasteiger partial charge in [-0.2, -0.15) is 5.26 Å². The number of ether oxygens (including phenoxy) is 1. The van der Waals surface area contributed by atoms with E-state index in [1.165, 1.54) is 0 Å². The second kappa shape index (κ2) is 2.30. The van der Waals surface area contributed by atoms with Gasteiger partial charge in [0, 0.05) is 0 Å². The molecule has 3 nitrogen and oxygen atoms in total. The molecule has 0 amide bonds. The minimum atomic E-state index is -0.802. The zero-order valence-electron chi connectivity index (χ0n) is 7.84. The molecular weight excluding hydrogens is 154 g/mol. The van der Waals surface area contributed by atoms with Crippen molar-refractivity contribution in [2.75, 3.05) is 0 Å². The lowest BCUT2D eigenvalue weighted by atomic mass is 9.87. The molecule has 0 N–H and O–H groups in total. The molecule has 1 aliphatic heterocycles. The molecule has 0 radical (unpaired) electrons. The molecule has 66 valence electrons. The summed E-state index contributed by atoms with van der Waals surface area (Å²) < 4.78 is 5.48. The highest BCUT2D eigenvalue weighted by molar-refractivity contribution is 5.93. The molecule has 1 saturated heterocycles. The van der Waals surface area contributed by atoms with Crippen molar-refractivity contribution in [3.63, 3.8) is 0 Å². The van der Waals surface area contributed by atoms with Gasteiger partial charge in [0.15, 0.2) is 5.78 Å². The van der Waals surface area contributed by atoms with Crippen molar-refractivity contribution in [1.29, 1.82) is 5.26 Å². The number of carbonyl (C=O) groups is 1. The molecular formula is C9H13NO2. The highest BCUT2D eigenvalue weighted by Gasteiger charge is 2.53. The van der Waals surface area contributed by atoms with Crippen LogP contribution in [0.15, 0.2) is 0 Å². The Morgan fingerprint density at radius 3 is 2.08 bits per heavy atom. The highest BCUT2D eigenvalue weighted by Crippen LogP contribution is 2.38. The molecule has 1 rings (SSSR count). The number of hydrogen-bond donors (Lipinski definition) is 0. The molecule has 1 aliphatic rings. The van der Waals surface area contributed by atoms with Crippen LogP contribution in [0.3, 0.4) is 0 Å². The van der Waals surface area contributed by atoms with Crippen LogP contribution in [0.1, 0.15) is 27.7 Å². The molecule has 1 fully saturated rings. The van der Waals surface area contributed by atoms with E-state index in [0.717, 1.165) is 0 Å². The lowest BCUT2D eigenvalue weighted by Crippen LogP contribution is -2.29. The minimum Gasteiger partial charge on any atom is -0.360 e. The van der Waals surface area contributed by atoms with Gasteiger partial charge in [0.05, 0.1) is 11.7 Å². The highest BCUT2D eigenvalue weighted by atomic mass is 16.5. The molecule has 1 unspecified atom stereocenters. The van der Waals surface area contributed by atoms with Gasteiger partial charge in [-0.15, -0.1) is 0 Å². The molecule has 0 saturated carbocycles. The normalized spacial score (nSPS) is 31.6. The third-order valence-electron chi connectivity index (χ3n) is 2.20. The average Bonchev–Trinajstić information content (AvgIpc) is 1.98. The first-order valence-corrected chi connectivity index (χ1v) is 3.95. The molecule has 0 aliphatic carbocycles. The van der Waals surface area contributed by atoms with Crippen molar-refractivity contribution in [3.05, 3.63) is 0 Å². The molecule has 0 bridgehead atoms. The van der Waals surface area contributed by atoms with E-state index in [-0.39, 0.29) is 5.78 Å². The second-order valence-corrected chi connectivity index (χ2v) is 4.14. The Morgan fingerprint density at radius 1 is 1.42 bits per heavy atom. The zero-order chi connectivity index (χ0) is 9.57. The Bertz CT molecular complexity index is 260. The summed E-state index contributed by atoms with van der Waals surface area (Å²) in [5.41, 5.74) is -1.45. The third-order valence-corrected chi connectivity index (χ3v) is 2.20. The lowest BCUT2D eigenvalue weighted by Gasteiger charge is -2.22. The van der Waals surface area contributed by atoms with E-state index in [1.807, 2.05) is 6.07 Å². The number of rotatable bonds is 0. The Kier molecular flexibility index (Phi) is 1.77. The summed E-state index contributed by atoms with van der Waals surface area (Å²) in [6, 6.07) is 1.99. The first kappa shape index (κ1) is 9.21. The van der Waals surface area contributed by atoms with Gasteiger partial charge in [-0.05, 0) is 27.7 Å². The quantitative estimate of drug-likeness (QED) is 0.546. The summed E-state index contributed by atoms with van der Waals surface area (Å²) >= 11 is 0. The number of ketones is 1.